The summed E-state index contributed by atoms with van der Waals surface area (Å²) >= 11 is 0. The maximum atomic E-state index is 12.4. The van der Waals surface area contributed by atoms with Gasteiger partial charge in [0.05, 0.1) is 17.4 Å². The standard InChI is InChI=1S/C20H26N4O2/c1-23-14-17(12-21-23)19(25)22-18-7-10-26-20(11-18)8-9-24(15-20)13-16-5-3-2-4-6-16/h2-6,12,14,18H,7-11,13,15H2,1H3,(H,22,25)/t18-,20+/m0/s1. The van der Waals surface area contributed by atoms with Gasteiger partial charge in [0.1, 0.15) is 0 Å². The molecular formula is C20H26N4O2. The maximum absolute atomic E-state index is 12.4. The fourth-order valence-corrected chi connectivity index (χ4v) is 4.15. The molecule has 2 saturated heterocycles. The van der Waals surface area contributed by atoms with Crippen molar-refractivity contribution in [1.82, 2.24) is 20.0 Å². The second kappa shape index (κ2) is 7.21. The molecule has 1 aromatic carbocycles. The van der Waals surface area contributed by atoms with E-state index in [0.29, 0.717) is 12.2 Å². The van der Waals surface area contributed by atoms with Crippen LogP contribution in [0.3, 0.4) is 0 Å². The Kier molecular flexibility index (Phi) is 4.78. The van der Waals surface area contributed by atoms with Gasteiger partial charge in [0.2, 0.25) is 0 Å². The number of nitrogens with zero attached hydrogens (tertiary/aromatic N) is 3. The topological polar surface area (TPSA) is 59.4 Å². The summed E-state index contributed by atoms with van der Waals surface area (Å²) in [5.74, 6) is -0.0423. The summed E-state index contributed by atoms with van der Waals surface area (Å²) in [4.78, 5) is 14.9. The van der Waals surface area contributed by atoms with Gasteiger partial charge in [0.25, 0.3) is 5.91 Å². The first-order valence-electron chi connectivity index (χ1n) is 9.32. The molecule has 6 heteroatoms. The SMILES string of the molecule is Cn1cc(C(=O)N[C@H]2CCO[C@]3(CCN(Cc4ccccc4)C3)C2)cn1. The van der Waals surface area contributed by atoms with Crippen LogP contribution in [0, 0.1) is 0 Å². The zero-order valence-corrected chi connectivity index (χ0v) is 15.2. The molecule has 1 N–H and O–H groups in total. The van der Waals surface area contributed by atoms with Crippen LogP contribution in [0.5, 0.6) is 0 Å². The Morgan fingerprint density at radius 3 is 3.00 bits per heavy atom. The van der Waals surface area contributed by atoms with Crippen molar-refractivity contribution in [1.29, 1.82) is 0 Å². The van der Waals surface area contributed by atoms with Gasteiger partial charge in [-0.25, -0.2) is 0 Å². The molecule has 4 rings (SSSR count). The van der Waals surface area contributed by atoms with Gasteiger partial charge < -0.3 is 10.1 Å². The molecule has 0 bridgehead atoms. The zero-order chi connectivity index (χ0) is 18.0. The Labute approximate surface area is 154 Å². The maximum Gasteiger partial charge on any atom is 0.254 e. The number of hydrogen-bond acceptors (Lipinski definition) is 4. The Bertz CT molecular complexity index is 760. The van der Waals surface area contributed by atoms with Gasteiger partial charge in [-0.05, 0) is 24.8 Å². The summed E-state index contributed by atoms with van der Waals surface area (Å²) in [5.41, 5.74) is 1.83. The van der Waals surface area contributed by atoms with Gasteiger partial charge in [-0.15, -0.1) is 0 Å². The molecule has 1 spiro atoms. The number of benzene rings is 1. The Balaban J connectivity index is 1.35. The lowest BCUT2D eigenvalue weighted by Crippen LogP contribution is -2.49. The van der Waals surface area contributed by atoms with Crippen molar-refractivity contribution in [2.45, 2.75) is 37.5 Å². The molecule has 6 nitrogen and oxygen atoms in total. The molecule has 2 atom stereocenters. The largest absolute Gasteiger partial charge is 0.373 e. The zero-order valence-electron chi connectivity index (χ0n) is 15.2. The minimum Gasteiger partial charge on any atom is -0.373 e. The predicted molar refractivity (Wildman–Crippen MR) is 98.7 cm³/mol. The average Bonchev–Trinajstić information content (AvgIpc) is 3.23. The number of likely N-dealkylation sites (tertiary alicyclic amines) is 1. The van der Waals surface area contributed by atoms with Crippen molar-refractivity contribution in [2.75, 3.05) is 19.7 Å². The fraction of sp³-hybridized carbons (Fsp3) is 0.500. The van der Waals surface area contributed by atoms with Crippen LogP contribution in [0.2, 0.25) is 0 Å². The van der Waals surface area contributed by atoms with Crippen LogP contribution in [0.15, 0.2) is 42.7 Å². The first-order valence-corrected chi connectivity index (χ1v) is 9.32. The monoisotopic (exact) mass is 354 g/mol. The summed E-state index contributed by atoms with van der Waals surface area (Å²) < 4.78 is 7.86. The summed E-state index contributed by atoms with van der Waals surface area (Å²) in [5, 5.41) is 7.25. The van der Waals surface area contributed by atoms with E-state index in [1.165, 1.54) is 5.56 Å². The molecule has 0 radical (unpaired) electrons. The predicted octanol–water partition coefficient (Wildman–Crippen LogP) is 1.97. The van der Waals surface area contributed by atoms with Crippen LogP contribution in [0.1, 0.15) is 35.2 Å². The van der Waals surface area contributed by atoms with Gasteiger partial charge in [0.15, 0.2) is 0 Å². The second-order valence-electron chi connectivity index (χ2n) is 7.54. The molecule has 2 aromatic rings. The van der Waals surface area contributed by atoms with Crippen LogP contribution < -0.4 is 5.32 Å². The number of carbonyl (C=O) groups is 1. The highest BCUT2D eigenvalue weighted by Crippen LogP contribution is 2.35. The lowest BCUT2D eigenvalue weighted by Gasteiger charge is -2.38. The van der Waals surface area contributed by atoms with Gasteiger partial charge in [-0.1, -0.05) is 30.3 Å². The lowest BCUT2D eigenvalue weighted by molar-refractivity contribution is -0.0793. The molecule has 0 aliphatic carbocycles. The van der Waals surface area contributed by atoms with Gasteiger partial charge >= 0.3 is 0 Å². The molecule has 2 fully saturated rings. The summed E-state index contributed by atoms with van der Waals surface area (Å²) in [6, 6.07) is 10.7. The van der Waals surface area contributed by atoms with Crippen molar-refractivity contribution < 1.29 is 9.53 Å². The van der Waals surface area contributed by atoms with Crippen LogP contribution in [0.4, 0.5) is 0 Å². The molecule has 0 unspecified atom stereocenters. The van der Waals surface area contributed by atoms with E-state index in [0.717, 1.165) is 38.9 Å². The molecule has 1 aromatic heterocycles. The summed E-state index contributed by atoms with van der Waals surface area (Å²) in [7, 11) is 1.82. The quantitative estimate of drug-likeness (QED) is 0.912. The number of nitrogens with one attached hydrogen (secondary N) is 1. The first-order chi connectivity index (χ1) is 12.6. The lowest BCUT2D eigenvalue weighted by atomic mass is 9.89. The Hall–Kier alpha value is -2.18. The van der Waals surface area contributed by atoms with Crippen LogP contribution in [0.25, 0.3) is 0 Å². The molecule has 138 valence electrons. The van der Waals surface area contributed by atoms with E-state index in [1.807, 2.05) is 7.05 Å². The molecular weight excluding hydrogens is 328 g/mol. The van der Waals surface area contributed by atoms with Crippen molar-refractivity contribution in [3.05, 3.63) is 53.9 Å². The third kappa shape index (κ3) is 3.81. The average molecular weight is 354 g/mol. The van der Waals surface area contributed by atoms with Crippen LogP contribution >= 0.6 is 0 Å². The third-order valence-electron chi connectivity index (χ3n) is 5.44. The molecule has 2 aliphatic rings. The Morgan fingerprint density at radius 2 is 2.23 bits per heavy atom. The van der Waals surface area contributed by atoms with Crippen molar-refractivity contribution in [2.24, 2.45) is 7.05 Å². The minimum atomic E-state index is -0.125. The van der Waals surface area contributed by atoms with E-state index in [9.17, 15) is 4.79 Å². The van der Waals surface area contributed by atoms with E-state index < -0.39 is 0 Å². The number of hydrogen-bond donors (Lipinski definition) is 1. The number of rotatable bonds is 4. The highest BCUT2D eigenvalue weighted by Gasteiger charge is 2.43. The van der Waals surface area contributed by atoms with Gasteiger partial charge in [-0.3, -0.25) is 14.4 Å². The molecule has 2 aliphatic heterocycles. The third-order valence-corrected chi connectivity index (χ3v) is 5.44. The van der Waals surface area contributed by atoms with E-state index in [1.54, 1.807) is 17.1 Å². The van der Waals surface area contributed by atoms with Crippen LogP contribution in [-0.4, -0.2) is 51.9 Å². The van der Waals surface area contributed by atoms with Crippen LogP contribution in [-0.2, 0) is 18.3 Å². The highest BCUT2D eigenvalue weighted by molar-refractivity contribution is 5.93. The minimum absolute atomic E-state index is 0.0423. The van der Waals surface area contributed by atoms with Gasteiger partial charge in [0, 0.05) is 45.5 Å². The van der Waals surface area contributed by atoms with E-state index in [2.05, 4.69) is 45.6 Å². The normalized spacial score (nSPS) is 26.3. The van der Waals surface area contributed by atoms with Crippen molar-refractivity contribution in [3.8, 4) is 0 Å². The molecule has 0 saturated carbocycles. The first kappa shape index (κ1) is 17.2. The molecule has 1 amide bonds. The summed E-state index contributed by atoms with van der Waals surface area (Å²) in [6.45, 7) is 3.63. The van der Waals surface area contributed by atoms with E-state index in [4.69, 9.17) is 4.74 Å². The number of aromatic nitrogens is 2. The fourth-order valence-electron chi connectivity index (χ4n) is 4.15. The van der Waals surface area contributed by atoms with Gasteiger partial charge in [-0.2, -0.15) is 5.10 Å². The number of aryl methyl sites for hydroxylation is 1. The van der Waals surface area contributed by atoms with E-state index in [-0.39, 0.29) is 17.6 Å². The Morgan fingerprint density at radius 1 is 1.38 bits per heavy atom. The van der Waals surface area contributed by atoms with Crippen molar-refractivity contribution >= 4 is 5.91 Å². The number of carbonyl (C=O) groups excluding carboxylic acids is 1. The molecule has 26 heavy (non-hydrogen) atoms. The number of ether oxygens (including phenoxy) is 1. The van der Waals surface area contributed by atoms with Crippen molar-refractivity contribution in [3.63, 3.8) is 0 Å². The highest BCUT2D eigenvalue weighted by atomic mass is 16.5. The number of amides is 1. The summed E-state index contributed by atoms with van der Waals surface area (Å²) in [6.07, 6.45) is 6.14. The van der Waals surface area contributed by atoms with E-state index >= 15 is 0 Å². The smallest absolute Gasteiger partial charge is 0.254 e. The molecule has 3 heterocycles. The second-order valence-corrected chi connectivity index (χ2v) is 7.54.